The van der Waals surface area contributed by atoms with Crippen LogP contribution in [0, 0.1) is 0 Å². The SMILES string of the molecule is Clc1nc(-c2cccc(-c3cccc4oc5ccccc5c34)c2)nc(-c2ccc3cc(-c4ccccc4)ccc3c2)n1. The van der Waals surface area contributed by atoms with E-state index in [1.807, 2.05) is 54.6 Å². The van der Waals surface area contributed by atoms with Gasteiger partial charge in [0.25, 0.3) is 0 Å². The molecule has 0 bridgehead atoms. The summed E-state index contributed by atoms with van der Waals surface area (Å²) in [5, 5.41) is 4.59. The summed E-state index contributed by atoms with van der Waals surface area (Å²) in [5.41, 5.74) is 7.97. The Morgan fingerprint density at radius 3 is 1.90 bits per heavy atom. The largest absolute Gasteiger partial charge is 0.456 e. The molecule has 0 radical (unpaired) electrons. The third-order valence-electron chi connectivity index (χ3n) is 7.65. The molecule has 5 heteroatoms. The van der Waals surface area contributed by atoms with Crippen LogP contribution in [0.15, 0.2) is 138 Å². The molecule has 42 heavy (non-hydrogen) atoms. The van der Waals surface area contributed by atoms with Crippen LogP contribution in [-0.2, 0) is 0 Å². The van der Waals surface area contributed by atoms with E-state index >= 15 is 0 Å². The van der Waals surface area contributed by atoms with E-state index in [0.29, 0.717) is 11.6 Å². The number of halogens is 1. The van der Waals surface area contributed by atoms with Crippen molar-refractivity contribution in [2.24, 2.45) is 0 Å². The third kappa shape index (κ3) is 4.30. The van der Waals surface area contributed by atoms with Crippen LogP contribution in [0.3, 0.4) is 0 Å². The van der Waals surface area contributed by atoms with Crippen LogP contribution in [0.1, 0.15) is 0 Å². The molecule has 0 unspecified atom stereocenters. The van der Waals surface area contributed by atoms with Gasteiger partial charge in [-0.1, -0.05) is 103 Å². The second-order valence-corrected chi connectivity index (χ2v) is 10.6. The summed E-state index contributed by atoms with van der Waals surface area (Å²) in [7, 11) is 0. The second-order valence-electron chi connectivity index (χ2n) is 10.3. The minimum Gasteiger partial charge on any atom is -0.456 e. The van der Waals surface area contributed by atoms with E-state index in [-0.39, 0.29) is 5.28 Å². The highest BCUT2D eigenvalue weighted by Gasteiger charge is 2.15. The van der Waals surface area contributed by atoms with Crippen LogP contribution in [0.25, 0.3) is 77.7 Å². The molecular weight excluding hydrogens is 538 g/mol. The van der Waals surface area contributed by atoms with Gasteiger partial charge in [-0.3, -0.25) is 0 Å². The summed E-state index contributed by atoms with van der Waals surface area (Å²) in [4.78, 5) is 13.8. The molecule has 0 saturated carbocycles. The van der Waals surface area contributed by atoms with Crippen molar-refractivity contribution in [3.8, 4) is 45.0 Å². The summed E-state index contributed by atoms with van der Waals surface area (Å²) in [6, 6.07) is 45.6. The van der Waals surface area contributed by atoms with Crippen molar-refractivity contribution in [3.05, 3.63) is 139 Å². The van der Waals surface area contributed by atoms with E-state index in [2.05, 4.69) is 88.8 Å². The molecule has 0 aliphatic rings. The van der Waals surface area contributed by atoms with Crippen LogP contribution >= 0.6 is 11.6 Å². The van der Waals surface area contributed by atoms with Gasteiger partial charge >= 0.3 is 0 Å². The number of benzene rings is 6. The average molecular weight is 560 g/mol. The lowest BCUT2D eigenvalue weighted by molar-refractivity contribution is 0.669. The number of hydrogen-bond acceptors (Lipinski definition) is 4. The monoisotopic (exact) mass is 559 g/mol. The molecule has 0 N–H and O–H groups in total. The molecular formula is C37H22ClN3O. The lowest BCUT2D eigenvalue weighted by atomic mass is 9.98. The summed E-state index contributed by atoms with van der Waals surface area (Å²) in [6.07, 6.45) is 0. The smallest absolute Gasteiger partial charge is 0.226 e. The summed E-state index contributed by atoms with van der Waals surface area (Å²) < 4.78 is 6.12. The minimum atomic E-state index is 0.155. The number of fused-ring (bicyclic) bond motifs is 4. The minimum absolute atomic E-state index is 0.155. The Kier molecular flexibility index (Phi) is 5.80. The molecule has 0 amide bonds. The topological polar surface area (TPSA) is 51.8 Å². The van der Waals surface area contributed by atoms with E-state index < -0.39 is 0 Å². The van der Waals surface area contributed by atoms with Crippen LogP contribution in [0.5, 0.6) is 0 Å². The highest BCUT2D eigenvalue weighted by Crippen LogP contribution is 2.37. The molecule has 2 aromatic heterocycles. The lowest BCUT2D eigenvalue weighted by Gasteiger charge is -2.09. The van der Waals surface area contributed by atoms with Crippen LogP contribution < -0.4 is 0 Å². The van der Waals surface area contributed by atoms with Crippen molar-refractivity contribution in [2.45, 2.75) is 0 Å². The molecule has 198 valence electrons. The number of nitrogens with zero attached hydrogens (tertiary/aromatic N) is 3. The number of hydrogen-bond donors (Lipinski definition) is 0. The maximum absolute atomic E-state index is 6.47. The Morgan fingerprint density at radius 2 is 1.07 bits per heavy atom. The Bertz CT molecular complexity index is 2270. The highest BCUT2D eigenvalue weighted by atomic mass is 35.5. The summed E-state index contributed by atoms with van der Waals surface area (Å²) >= 11 is 6.47. The first kappa shape index (κ1) is 24.5. The van der Waals surface area contributed by atoms with Crippen molar-refractivity contribution in [1.82, 2.24) is 15.0 Å². The van der Waals surface area contributed by atoms with Crippen LogP contribution in [0.4, 0.5) is 0 Å². The van der Waals surface area contributed by atoms with Gasteiger partial charge in [-0.25, -0.2) is 4.98 Å². The molecule has 0 spiro atoms. The first-order chi connectivity index (χ1) is 20.7. The molecule has 6 aromatic carbocycles. The zero-order chi connectivity index (χ0) is 28.0. The second kappa shape index (κ2) is 9.95. The number of rotatable bonds is 4. The summed E-state index contributed by atoms with van der Waals surface area (Å²) in [6.45, 7) is 0. The van der Waals surface area contributed by atoms with Crippen molar-refractivity contribution < 1.29 is 4.42 Å². The van der Waals surface area contributed by atoms with E-state index in [9.17, 15) is 0 Å². The third-order valence-corrected chi connectivity index (χ3v) is 7.82. The quantitative estimate of drug-likeness (QED) is 0.215. The van der Waals surface area contributed by atoms with Gasteiger partial charge in [0.05, 0.1) is 0 Å². The molecule has 0 fully saturated rings. The molecule has 0 aliphatic carbocycles. The van der Waals surface area contributed by atoms with Crippen LogP contribution in [0.2, 0.25) is 5.28 Å². The van der Waals surface area contributed by atoms with Gasteiger partial charge in [-0.2, -0.15) is 9.97 Å². The number of furan rings is 1. The molecule has 2 heterocycles. The van der Waals surface area contributed by atoms with E-state index in [1.54, 1.807) is 0 Å². The van der Waals surface area contributed by atoms with Gasteiger partial charge < -0.3 is 4.42 Å². The first-order valence-electron chi connectivity index (χ1n) is 13.7. The van der Waals surface area contributed by atoms with E-state index in [0.717, 1.165) is 55.0 Å². The highest BCUT2D eigenvalue weighted by molar-refractivity contribution is 6.28. The van der Waals surface area contributed by atoms with Gasteiger partial charge in [-0.15, -0.1) is 0 Å². The van der Waals surface area contributed by atoms with Crippen molar-refractivity contribution in [2.75, 3.05) is 0 Å². The maximum atomic E-state index is 6.47. The molecule has 0 aliphatic heterocycles. The molecule has 8 rings (SSSR count). The average Bonchev–Trinajstić information content (AvgIpc) is 3.43. The van der Waals surface area contributed by atoms with Crippen molar-refractivity contribution >= 4 is 44.3 Å². The summed E-state index contributed by atoms with van der Waals surface area (Å²) in [5.74, 6) is 1.06. The standard InChI is InChI=1S/C37H22ClN3O/c38-37-40-35(28-11-6-10-27(22-28)30-13-7-15-33-34(30)31-12-4-5-14-32(31)42-33)39-36(41-37)29-19-18-25-20-24(16-17-26(25)21-29)23-8-2-1-3-9-23/h1-22H. The van der Waals surface area contributed by atoms with Gasteiger partial charge in [0.1, 0.15) is 11.2 Å². The van der Waals surface area contributed by atoms with Crippen molar-refractivity contribution in [1.29, 1.82) is 0 Å². The van der Waals surface area contributed by atoms with Gasteiger partial charge in [-0.05, 0) is 75.0 Å². The predicted octanol–water partition coefficient (Wildman–Crippen LogP) is 10.2. The molecule has 8 aromatic rings. The molecule has 0 atom stereocenters. The molecule has 0 saturated heterocycles. The van der Waals surface area contributed by atoms with Gasteiger partial charge in [0.2, 0.25) is 5.28 Å². The number of aromatic nitrogens is 3. The Morgan fingerprint density at radius 1 is 0.452 bits per heavy atom. The zero-order valence-electron chi connectivity index (χ0n) is 22.3. The van der Waals surface area contributed by atoms with Crippen molar-refractivity contribution in [3.63, 3.8) is 0 Å². The van der Waals surface area contributed by atoms with Crippen LogP contribution in [-0.4, -0.2) is 15.0 Å². The maximum Gasteiger partial charge on any atom is 0.226 e. The van der Waals surface area contributed by atoms with Gasteiger partial charge in [0, 0.05) is 21.9 Å². The Hall–Kier alpha value is -5.32. The molecule has 4 nitrogen and oxygen atoms in total. The van der Waals surface area contributed by atoms with E-state index in [4.69, 9.17) is 21.0 Å². The van der Waals surface area contributed by atoms with E-state index in [1.165, 1.54) is 11.1 Å². The fraction of sp³-hybridized carbons (Fsp3) is 0. The predicted molar refractivity (Wildman–Crippen MR) is 171 cm³/mol. The Labute approximate surface area is 246 Å². The lowest BCUT2D eigenvalue weighted by Crippen LogP contribution is -1.97. The fourth-order valence-electron chi connectivity index (χ4n) is 5.64. The Balaban J connectivity index is 1.19. The fourth-order valence-corrected chi connectivity index (χ4v) is 5.80. The zero-order valence-corrected chi connectivity index (χ0v) is 23.1. The normalized spacial score (nSPS) is 11.5. The van der Waals surface area contributed by atoms with Gasteiger partial charge in [0.15, 0.2) is 11.6 Å². The first-order valence-corrected chi connectivity index (χ1v) is 14.1. The number of para-hydroxylation sites is 1.